The quantitative estimate of drug-likeness (QED) is 0.789. The van der Waals surface area contributed by atoms with Gasteiger partial charge in [0.1, 0.15) is 5.82 Å². The number of benzene rings is 1. The SMILES string of the molecule is Nc1ccc(-c2nc3n(n2)CCC(C(=O)O)C3)cc1. The molecular weight excluding hydrogens is 244 g/mol. The molecule has 1 atom stereocenters. The fraction of sp³-hybridized carbons (Fsp3) is 0.308. The lowest BCUT2D eigenvalue weighted by atomic mass is 9.98. The zero-order valence-electron chi connectivity index (χ0n) is 10.3. The van der Waals surface area contributed by atoms with Crippen LogP contribution in [0.4, 0.5) is 5.69 Å². The van der Waals surface area contributed by atoms with Gasteiger partial charge in [-0.05, 0) is 30.7 Å². The van der Waals surface area contributed by atoms with Crippen molar-refractivity contribution in [2.24, 2.45) is 5.92 Å². The van der Waals surface area contributed by atoms with Crippen LogP contribution in [0.3, 0.4) is 0 Å². The Balaban J connectivity index is 1.91. The zero-order chi connectivity index (χ0) is 13.4. The molecule has 2 heterocycles. The number of aliphatic carboxylic acids is 1. The van der Waals surface area contributed by atoms with Crippen molar-refractivity contribution < 1.29 is 9.90 Å². The Labute approximate surface area is 109 Å². The molecule has 3 N–H and O–H groups in total. The lowest BCUT2D eigenvalue weighted by molar-refractivity contribution is -0.142. The largest absolute Gasteiger partial charge is 0.481 e. The van der Waals surface area contributed by atoms with Gasteiger partial charge in [0.15, 0.2) is 5.82 Å². The molecule has 1 aliphatic rings. The number of aromatic nitrogens is 3. The number of hydrogen-bond donors (Lipinski definition) is 2. The minimum atomic E-state index is -0.761. The molecule has 6 heteroatoms. The molecule has 1 aromatic carbocycles. The second-order valence-electron chi connectivity index (χ2n) is 4.72. The zero-order valence-corrected chi connectivity index (χ0v) is 10.3. The first-order chi connectivity index (χ1) is 9.13. The van der Waals surface area contributed by atoms with Crippen molar-refractivity contribution in [1.82, 2.24) is 14.8 Å². The smallest absolute Gasteiger partial charge is 0.307 e. The Morgan fingerprint density at radius 3 is 2.79 bits per heavy atom. The van der Waals surface area contributed by atoms with E-state index in [1.807, 2.05) is 12.1 Å². The second kappa shape index (κ2) is 4.38. The summed E-state index contributed by atoms with van der Waals surface area (Å²) in [6.07, 6.45) is 1.05. The number of fused-ring (bicyclic) bond motifs is 1. The van der Waals surface area contributed by atoms with Crippen molar-refractivity contribution in [3.8, 4) is 11.4 Å². The van der Waals surface area contributed by atoms with Crippen molar-refractivity contribution in [1.29, 1.82) is 0 Å². The van der Waals surface area contributed by atoms with Crippen LogP contribution in [0.25, 0.3) is 11.4 Å². The molecule has 2 aromatic rings. The Kier molecular flexibility index (Phi) is 2.70. The molecule has 19 heavy (non-hydrogen) atoms. The molecule has 0 bridgehead atoms. The lowest BCUT2D eigenvalue weighted by Gasteiger charge is -2.17. The first-order valence-electron chi connectivity index (χ1n) is 6.16. The maximum absolute atomic E-state index is 11.0. The normalized spacial score (nSPS) is 18.0. The van der Waals surface area contributed by atoms with Crippen LogP contribution in [-0.4, -0.2) is 25.8 Å². The minimum Gasteiger partial charge on any atom is -0.481 e. The first-order valence-corrected chi connectivity index (χ1v) is 6.16. The highest BCUT2D eigenvalue weighted by Crippen LogP contribution is 2.23. The highest BCUT2D eigenvalue weighted by molar-refractivity contribution is 5.70. The summed E-state index contributed by atoms with van der Waals surface area (Å²) in [6.45, 7) is 0.605. The number of carbonyl (C=O) groups is 1. The fourth-order valence-electron chi connectivity index (χ4n) is 2.27. The Bertz CT molecular complexity index is 618. The van der Waals surface area contributed by atoms with Gasteiger partial charge in [-0.2, -0.15) is 5.10 Å². The molecule has 1 aromatic heterocycles. The summed E-state index contributed by atoms with van der Waals surface area (Å²) in [4.78, 5) is 15.4. The third kappa shape index (κ3) is 2.16. The number of nitrogen functional groups attached to an aromatic ring is 1. The average Bonchev–Trinajstić information content (AvgIpc) is 2.82. The standard InChI is InChI=1S/C13H14N4O2/c14-10-3-1-8(2-4-10)12-15-11-7-9(13(18)19)5-6-17(11)16-12/h1-4,9H,5-7,14H2,(H,18,19). The van der Waals surface area contributed by atoms with Crippen LogP contribution in [-0.2, 0) is 17.8 Å². The summed E-state index contributed by atoms with van der Waals surface area (Å²) >= 11 is 0. The number of rotatable bonds is 2. The van der Waals surface area contributed by atoms with Gasteiger partial charge in [0.2, 0.25) is 0 Å². The van der Waals surface area contributed by atoms with E-state index in [9.17, 15) is 4.79 Å². The molecule has 98 valence electrons. The van der Waals surface area contributed by atoms with Crippen molar-refractivity contribution >= 4 is 11.7 Å². The number of anilines is 1. The predicted octanol–water partition coefficient (Wildman–Crippen LogP) is 1.17. The van der Waals surface area contributed by atoms with Gasteiger partial charge in [-0.25, -0.2) is 9.67 Å². The molecule has 0 fully saturated rings. The van der Waals surface area contributed by atoms with Crippen molar-refractivity contribution in [3.63, 3.8) is 0 Å². The number of hydrogen-bond acceptors (Lipinski definition) is 4. The van der Waals surface area contributed by atoms with Crippen LogP contribution in [0.2, 0.25) is 0 Å². The molecular formula is C13H14N4O2. The second-order valence-corrected chi connectivity index (χ2v) is 4.72. The fourth-order valence-corrected chi connectivity index (χ4v) is 2.27. The Morgan fingerprint density at radius 1 is 1.37 bits per heavy atom. The van der Waals surface area contributed by atoms with E-state index in [4.69, 9.17) is 10.8 Å². The van der Waals surface area contributed by atoms with Crippen LogP contribution in [0.1, 0.15) is 12.2 Å². The highest BCUT2D eigenvalue weighted by atomic mass is 16.4. The molecule has 1 unspecified atom stereocenters. The van der Waals surface area contributed by atoms with Gasteiger partial charge in [-0.1, -0.05) is 0 Å². The number of nitrogens with zero attached hydrogens (tertiary/aromatic N) is 3. The first kappa shape index (κ1) is 11.7. The molecule has 0 radical (unpaired) electrons. The molecule has 3 rings (SSSR count). The van der Waals surface area contributed by atoms with E-state index in [-0.39, 0.29) is 5.92 Å². The van der Waals surface area contributed by atoms with E-state index in [1.165, 1.54) is 0 Å². The maximum Gasteiger partial charge on any atom is 0.307 e. The average molecular weight is 258 g/mol. The van der Waals surface area contributed by atoms with Gasteiger partial charge in [-0.15, -0.1) is 0 Å². The predicted molar refractivity (Wildman–Crippen MR) is 69.3 cm³/mol. The summed E-state index contributed by atoms with van der Waals surface area (Å²) in [6, 6.07) is 7.33. The summed E-state index contributed by atoms with van der Waals surface area (Å²) in [5.41, 5.74) is 7.23. The summed E-state index contributed by atoms with van der Waals surface area (Å²) < 4.78 is 1.80. The van der Waals surface area contributed by atoms with Crippen LogP contribution >= 0.6 is 0 Å². The number of nitrogens with two attached hydrogens (primary N) is 1. The van der Waals surface area contributed by atoms with E-state index in [0.717, 1.165) is 11.4 Å². The molecule has 0 saturated carbocycles. The van der Waals surface area contributed by atoms with Gasteiger partial charge in [-0.3, -0.25) is 4.79 Å². The van der Waals surface area contributed by atoms with E-state index in [1.54, 1.807) is 16.8 Å². The van der Waals surface area contributed by atoms with E-state index < -0.39 is 5.97 Å². The topological polar surface area (TPSA) is 94.0 Å². The van der Waals surface area contributed by atoms with Gasteiger partial charge in [0.25, 0.3) is 0 Å². The summed E-state index contributed by atoms with van der Waals surface area (Å²) in [7, 11) is 0. The maximum atomic E-state index is 11.0. The van der Waals surface area contributed by atoms with Crippen molar-refractivity contribution in [3.05, 3.63) is 30.1 Å². The monoisotopic (exact) mass is 258 g/mol. The number of carboxylic acid groups (broad SMARTS) is 1. The van der Waals surface area contributed by atoms with Gasteiger partial charge in [0, 0.05) is 24.2 Å². The van der Waals surface area contributed by atoms with Gasteiger partial charge < -0.3 is 10.8 Å². The van der Waals surface area contributed by atoms with Crippen LogP contribution in [0.15, 0.2) is 24.3 Å². The number of carboxylic acids is 1. The molecule has 6 nitrogen and oxygen atoms in total. The Morgan fingerprint density at radius 2 is 2.11 bits per heavy atom. The van der Waals surface area contributed by atoms with Gasteiger partial charge >= 0.3 is 5.97 Å². The van der Waals surface area contributed by atoms with Gasteiger partial charge in [0.05, 0.1) is 5.92 Å². The lowest BCUT2D eigenvalue weighted by Crippen LogP contribution is -2.26. The van der Waals surface area contributed by atoms with Crippen LogP contribution < -0.4 is 5.73 Å². The van der Waals surface area contributed by atoms with E-state index in [2.05, 4.69) is 10.1 Å². The molecule has 1 aliphatic heterocycles. The Hall–Kier alpha value is -2.37. The van der Waals surface area contributed by atoms with Crippen LogP contribution in [0, 0.1) is 5.92 Å². The highest BCUT2D eigenvalue weighted by Gasteiger charge is 2.26. The number of aryl methyl sites for hydroxylation is 1. The summed E-state index contributed by atoms with van der Waals surface area (Å²) in [5, 5.41) is 13.5. The third-order valence-corrected chi connectivity index (χ3v) is 3.38. The van der Waals surface area contributed by atoms with Crippen molar-refractivity contribution in [2.45, 2.75) is 19.4 Å². The van der Waals surface area contributed by atoms with E-state index in [0.29, 0.717) is 30.9 Å². The molecule has 0 aliphatic carbocycles. The van der Waals surface area contributed by atoms with Crippen molar-refractivity contribution in [2.75, 3.05) is 5.73 Å². The van der Waals surface area contributed by atoms with Crippen LogP contribution in [0.5, 0.6) is 0 Å². The molecule has 0 spiro atoms. The molecule has 0 amide bonds. The third-order valence-electron chi connectivity index (χ3n) is 3.38. The summed E-state index contributed by atoms with van der Waals surface area (Å²) in [5.74, 6) is 0.255. The van der Waals surface area contributed by atoms with E-state index >= 15 is 0 Å². The molecule has 0 saturated heterocycles. The minimum absolute atomic E-state index is 0.351.